The van der Waals surface area contributed by atoms with Crippen LogP contribution in [0, 0.1) is 6.92 Å². The zero-order valence-corrected chi connectivity index (χ0v) is 11.9. The van der Waals surface area contributed by atoms with E-state index in [0.29, 0.717) is 6.04 Å². The second-order valence-electron chi connectivity index (χ2n) is 5.54. The molecule has 1 aliphatic heterocycles. The summed E-state index contributed by atoms with van der Waals surface area (Å²) in [5, 5.41) is 3.64. The number of rotatable bonds is 4. The van der Waals surface area contributed by atoms with Crippen molar-refractivity contribution >= 4 is 5.69 Å². The lowest BCUT2D eigenvalue weighted by atomic mass is 10.2. The maximum atomic E-state index is 4.14. The van der Waals surface area contributed by atoms with Crippen molar-refractivity contribution in [3.05, 3.63) is 59.9 Å². The van der Waals surface area contributed by atoms with Gasteiger partial charge in [0, 0.05) is 43.8 Å². The molecule has 1 fully saturated rings. The minimum atomic E-state index is 0.541. The lowest BCUT2D eigenvalue weighted by Crippen LogP contribution is -2.26. The number of anilines is 1. The molecule has 3 heteroatoms. The molecule has 0 saturated carbocycles. The molecule has 1 unspecified atom stereocenters. The minimum absolute atomic E-state index is 0.541. The highest BCUT2D eigenvalue weighted by Gasteiger charge is 2.22. The summed E-state index contributed by atoms with van der Waals surface area (Å²) in [7, 11) is 0. The number of aromatic nitrogens is 1. The Morgan fingerprint density at radius 2 is 2.10 bits per heavy atom. The van der Waals surface area contributed by atoms with Crippen molar-refractivity contribution in [1.29, 1.82) is 0 Å². The van der Waals surface area contributed by atoms with Crippen molar-refractivity contribution in [3.63, 3.8) is 0 Å². The summed E-state index contributed by atoms with van der Waals surface area (Å²) < 4.78 is 0. The summed E-state index contributed by atoms with van der Waals surface area (Å²) in [6, 6.07) is 13.3. The molecule has 0 amide bonds. The van der Waals surface area contributed by atoms with Gasteiger partial charge in [0.05, 0.1) is 0 Å². The zero-order chi connectivity index (χ0) is 13.8. The Bertz CT molecular complexity index is 553. The monoisotopic (exact) mass is 267 g/mol. The van der Waals surface area contributed by atoms with Gasteiger partial charge in [-0.3, -0.25) is 9.88 Å². The topological polar surface area (TPSA) is 28.2 Å². The molecular formula is C17H21N3. The number of hydrogen-bond donors (Lipinski definition) is 1. The molecule has 1 aromatic carbocycles. The van der Waals surface area contributed by atoms with Crippen LogP contribution in [-0.2, 0) is 6.54 Å². The molecule has 104 valence electrons. The zero-order valence-electron chi connectivity index (χ0n) is 11.9. The first kappa shape index (κ1) is 13.1. The van der Waals surface area contributed by atoms with Crippen LogP contribution in [0.3, 0.4) is 0 Å². The van der Waals surface area contributed by atoms with E-state index in [1.54, 1.807) is 0 Å². The van der Waals surface area contributed by atoms with E-state index in [1.807, 2.05) is 12.4 Å². The summed E-state index contributed by atoms with van der Waals surface area (Å²) in [6.45, 7) is 5.42. The van der Waals surface area contributed by atoms with Gasteiger partial charge in [0.2, 0.25) is 0 Å². The molecule has 1 N–H and O–H groups in total. The Labute approximate surface area is 120 Å². The van der Waals surface area contributed by atoms with Crippen LogP contribution in [0.5, 0.6) is 0 Å². The summed E-state index contributed by atoms with van der Waals surface area (Å²) in [5.74, 6) is 0. The quantitative estimate of drug-likeness (QED) is 0.922. The molecule has 0 spiro atoms. The highest BCUT2D eigenvalue weighted by atomic mass is 15.2. The van der Waals surface area contributed by atoms with E-state index in [1.165, 1.54) is 23.2 Å². The first-order valence-electron chi connectivity index (χ1n) is 7.25. The van der Waals surface area contributed by atoms with E-state index in [0.717, 1.165) is 19.6 Å². The number of likely N-dealkylation sites (tertiary alicyclic amines) is 1. The Kier molecular flexibility index (Phi) is 3.97. The number of hydrogen-bond acceptors (Lipinski definition) is 3. The van der Waals surface area contributed by atoms with Crippen molar-refractivity contribution in [2.24, 2.45) is 0 Å². The third-order valence-electron chi connectivity index (χ3n) is 3.90. The average molecular weight is 267 g/mol. The fourth-order valence-electron chi connectivity index (χ4n) is 2.79. The number of nitrogens with zero attached hydrogens (tertiary/aromatic N) is 2. The van der Waals surface area contributed by atoms with Gasteiger partial charge >= 0.3 is 0 Å². The number of pyridine rings is 1. The van der Waals surface area contributed by atoms with Gasteiger partial charge in [0.25, 0.3) is 0 Å². The van der Waals surface area contributed by atoms with E-state index in [-0.39, 0.29) is 0 Å². The molecular weight excluding hydrogens is 246 g/mol. The van der Waals surface area contributed by atoms with Gasteiger partial charge < -0.3 is 5.32 Å². The van der Waals surface area contributed by atoms with Crippen LogP contribution in [0.2, 0.25) is 0 Å². The van der Waals surface area contributed by atoms with E-state index < -0.39 is 0 Å². The van der Waals surface area contributed by atoms with E-state index in [2.05, 4.69) is 58.5 Å². The number of benzene rings is 1. The summed E-state index contributed by atoms with van der Waals surface area (Å²) in [6.07, 6.45) is 4.97. The molecule has 1 aliphatic rings. The third kappa shape index (κ3) is 3.17. The van der Waals surface area contributed by atoms with Crippen molar-refractivity contribution < 1.29 is 0 Å². The SMILES string of the molecule is Cc1cnccc1NC1CCN(Cc2ccccc2)C1. The van der Waals surface area contributed by atoms with Gasteiger partial charge in [-0.05, 0) is 30.5 Å². The van der Waals surface area contributed by atoms with Crippen LogP contribution >= 0.6 is 0 Å². The van der Waals surface area contributed by atoms with Gasteiger partial charge in [0.1, 0.15) is 0 Å². The normalized spacial score (nSPS) is 19.1. The largest absolute Gasteiger partial charge is 0.381 e. The molecule has 0 aliphatic carbocycles. The Morgan fingerprint density at radius 3 is 2.90 bits per heavy atom. The Hall–Kier alpha value is -1.87. The molecule has 1 saturated heterocycles. The fraction of sp³-hybridized carbons (Fsp3) is 0.353. The summed E-state index contributed by atoms with van der Waals surface area (Å²) in [4.78, 5) is 6.66. The number of nitrogens with one attached hydrogen (secondary N) is 1. The van der Waals surface area contributed by atoms with Gasteiger partial charge in [-0.25, -0.2) is 0 Å². The smallest absolute Gasteiger partial charge is 0.0403 e. The first-order chi connectivity index (χ1) is 9.81. The molecule has 0 bridgehead atoms. The fourth-order valence-corrected chi connectivity index (χ4v) is 2.79. The molecule has 0 radical (unpaired) electrons. The molecule has 3 rings (SSSR count). The van der Waals surface area contributed by atoms with Gasteiger partial charge in [0.15, 0.2) is 0 Å². The predicted octanol–water partition coefficient (Wildman–Crippen LogP) is 3.08. The molecule has 3 nitrogen and oxygen atoms in total. The van der Waals surface area contributed by atoms with Gasteiger partial charge in [-0.2, -0.15) is 0 Å². The molecule has 1 aromatic heterocycles. The van der Waals surface area contributed by atoms with E-state index in [4.69, 9.17) is 0 Å². The lowest BCUT2D eigenvalue weighted by Gasteiger charge is -2.18. The second-order valence-corrected chi connectivity index (χ2v) is 5.54. The molecule has 2 aromatic rings. The van der Waals surface area contributed by atoms with Crippen molar-refractivity contribution in [3.8, 4) is 0 Å². The summed E-state index contributed by atoms with van der Waals surface area (Å²) >= 11 is 0. The first-order valence-corrected chi connectivity index (χ1v) is 7.25. The van der Waals surface area contributed by atoms with Crippen LogP contribution in [-0.4, -0.2) is 29.0 Å². The van der Waals surface area contributed by atoms with Crippen molar-refractivity contribution in [2.75, 3.05) is 18.4 Å². The Morgan fingerprint density at radius 1 is 1.25 bits per heavy atom. The lowest BCUT2D eigenvalue weighted by molar-refractivity contribution is 0.328. The van der Waals surface area contributed by atoms with Crippen LogP contribution in [0.25, 0.3) is 0 Å². The highest BCUT2D eigenvalue weighted by molar-refractivity contribution is 5.49. The van der Waals surface area contributed by atoms with E-state index in [9.17, 15) is 0 Å². The predicted molar refractivity (Wildman–Crippen MR) is 82.7 cm³/mol. The van der Waals surface area contributed by atoms with Crippen LogP contribution in [0.15, 0.2) is 48.8 Å². The van der Waals surface area contributed by atoms with Crippen LogP contribution < -0.4 is 5.32 Å². The maximum absolute atomic E-state index is 4.14. The number of aryl methyl sites for hydroxylation is 1. The van der Waals surface area contributed by atoms with Gasteiger partial charge in [-0.15, -0.1) is 0 Å². The van der Waals surface area contributed by atoms with Crippen LogP contribution in [0.1, 0.15) is 17.5 Å². The minimum Gasteiger partial charge on any atom is -0.381 e. The second kappa shape index (κ2) is 6.06. The molecule has 2 heterocycles. The molecule has 20 heavy (non-hydrogen) atoms. The highest BCUT2D eigenvalue weighted by Crippen LogP contribution is 2.19. The third-order valence-corrected chi connectivity index (χ3v) is 3.90. The Balaban J connectivity index is 1.56. The van der Waals surface area contributed by atoms with E-state index >= 15 is 0 Å². The maximum Gasteiger partial charge on any atom is 0.0403 e. The van der Waals surface area contributed by atoms with Crippen molar-refractivity contribution in [1.82, 2.24) is 9.88 Å². The van der Waals surface area contributed by atoms with Crippen LogP contribution in [0.4, 0.5) is 5.69 Å². The van der Waals surface area contributed by atoms with Gasteiger partial charge in [-0.1, -0.05) is 30.3 Å². The average Bonchev–Trinajstić information content (AvgIpc) is 2.90. The standard InChI is InChI=1S/C17H21N3/c1-14-11-18-9-7-17(14)19-16-8-10-20(13-16)12-15-5-3-2-4-6-15/h2-7,9,11,16H,8,10,12-13H2,1H3,(H,18,19). The van der Waals surface area contributed by atoms with Crippen molar-refractivity contribution in [2.45, 2.75) is 25.9 Å². The molecule has 1 atom stereocenters. The summed E-state index contributed by atoms with van der Waals surface area (Å²) in [5.41, 5.74) is 3.83.